The molecule has 5 atom stereocenters. The average Bonchev–Trinajstić information content (AvgIpc) is 1.97. The Hall–Kier alpha value is -0.200. The first kappa shape index (κ1) is 8.89. The summed E-state index contributed by atoms with van der Waals surface area (Å²) in [6.07, 6.45) is -4.70. The lowest BCUT2D eigenvalue weighted by molar-refractivity contribution is -0.141. The second-order valence-electron chi connectivity index (χ2n) is 2.94. The first-order chi connectivity index (χ1) is 5.04. The molecule has 66 valence electrons. The molecule has 0 spiro atoms. The van der Waals surface area contributed by atoms with E-state index >= 15 is 0 Å². The van der Waals surface area contributed by atoms with Crippen LogP contribution in [0.15, 0.2) is 0 Å². The molecule has 0 amide bonds. The molecule has 1 aliphatic carbocycles. The van der Waals surface area contributed by atoms with Crippen LogP contribution in [0.5, 0.6) is 0 Å². The molecule has 1 saturated carbocycles. The molecule has 1 rings (SSSR count). The van der Waals surface area contributed by atoms with Gasteiger partial charge in [0.25, 0.3) is 0 Å². The van der Waals surface area contributed by atoms with Gasteiger partial charge in [0.05, 0.1) is 12.2 Å². The minimum absolute atomic E-state index is 0.111. The molecule has 6 N–H and O–H groups in total. The van der Waals surface area contributed by atoms with E-state index in [9.17, 15) is 0 Å². The first-order valence-corrected chi connectivity index (χ1v) is 3.52. The van der Waals surface area contributed by atoms with Crippen molar-refractivity contribution in [3.8, 4) is 0 Å². The normalized spacial score (nSPS) is 52.6. The van der Waals surface area contributed by atoms with Gasteiger partial charge in [-0.1, -0.05) is 0 Å². The zero-order valence-electron chi connectivity index (χ0n) is 5.96. The predicted octanol–water partition coefficient (Wildman–Crippen LogP) is -2.84. The van der Waals surface area contributed by atoms with Crippen LogP contribution in [0.3, 0.4) is 0 Å². The summed E-state index contributed by atoms with van der Waals surface area (Å²) in [6, 6.07) is -0.664. The van der Waals surface area contributed by atoms with Gasteiger partial charge >= 0.3 is 0 Å². The van der Waals surface area contributed by atoms with Gasteiger partial charge in [-0.15, -0.1) is 0 Å². The Morgan fingerprint density at radius 3 is 2.00 bits per heavy atom. The largest absolute Gasteiger partial charge is 0.390 e. The zero-order valence-corrected chi connectivity index (χ0v) is 5.96. The van der Waals surface area contributed by atoms with Crippen LogP contribution in [0.2, 0.25) is 0 Å². The summed E-state index contributed by atoms with van der Waals surface area (Å²) >= 11 is 0. The summed E-state index contributed by atoms with van der Waals surface area (Å²) in [5.41, 5.74) is 5.34. The highest BCUT2D eigenvalue weighted by Gasteiger charge is 2.40. The molecule has 0 saturated heterocycles. The molecule has 1 aliphatic rings. The third-order valence-electron chi connectivity index (χ3n) is 2.05. The van der Waals surface area contributed by atoms with Crippen molar-refractivity contribution in [2.24, 2.45) is 5.73 Å². The molecule has 5 unspecified atom stereocenters. The average molecular weight is 163 g/mol. The van der Waals surface area contributed by atoms with Crippen LogP contribution in [-0.4, -0.2) is 50.9 Å². The van der Waals surface area contributed by atoms with Crippen LogP contribution >= 0.6 is 0 Å². The van der Waals surface area contributed by atoms with Gasteiger partial charge in [-0.2, -0.15) is 0 Å². The smallest absolute Gasteiger partial charge is 0.110 e. The number of nitrogens with two attached hydrogens (primary N) is 1. The molecule has 11 heavy (non-hydrogen) atoms. The van der Waals surface area contributed by atoms with Crippen LogP contribution in [0.25, 0.3) is 0 Å². The number of aliphatic hydroxyl groups excluding tert-OH is 4. The lowest BCUT2D eigenvalue weighted by Gasteiger charge is -2.36. The Bertz CT molecular complexity index is 129. The summed E-state index contributed by atoms with van der Waals surface area (Å²) < 4.78 is 0. The van der Waals surface area contributed by atoms with Crippen molar-refractivity contribution in [2.75, 3.05) is 0 Å². The maximum atomic E-state index is 9.09. The highest BCUT2D eigenvalue weighted by molar-refractivity contribution is 4.94. The molecule has 1 fully saturated rings. The molecule has 0 aromatic rings. The lowest BCUT2D eigenvalue weighted by atomic mass is 9.86. The topological polar surface area (TPSA) is 107 Å². The maximum Gasteiger partial charge on any atom is 0.110 e. The van der Waals surface area contributed by atoms with Gasteiger partial charge in [0, 0.05) is 6.04 Å². The predicted molar refractivity (Wildman–Crippen MR) is 36.6 cm³/mol. The minimum atomic E-state index is -1.34. The summed E-state index contributed by atoms with van der Waals surface area (Å²) in [5.74, 6) is 0. The molecule has 0 aromatic heterocycles. The van der Waals surface area contributed by atoms with Gasteiger partial charge in [-0.05, 0) is 6.42 Å². The molecular weight excluding hydrogens is 150 g/mol. The first-order valence-electron chi connectivity index (χ1n) is 3.52. The van der Waals surface area contributed by atoms with Crippen molar-refractivity contribution in [1.29, 1.82) is 0 Å². The third-order valence-corrected chi connectivity index (χ3v) is 2.05. The molecule has 0 heterocycles. The van der Waals surface area contributed by atoms with Crippen molar-refractivity contribution in [2.45, 2.75) is 36.9 Å². The number of hydrogen-bond acceptors (Lipinski definition) is 5. The van der Waals surface area contributed by atoms with E-state index in [1.807, 2.05) is 0 Å². The van der Waals surface area contributed by atoms with Crippen molar-refractivity contribution >= 4 is 0 Å². The third kappa shape index (κ3) is 1.52. The van der Waals surface area contributed by atoms with Crippen LogP contribution in [0, 0.1) is 0 Å². The Morgan fingerprint density at radius 2 is 1.45 bits per heavy atom. The van der Waals surface area contributed by atoms with Gasteiger partial charge in [0.15, 0.2) is 0 Å². The van der Waals surface area contributed by atoms with Crippen LogP contribution in [0.1, 0.15) is 6.42 Å². The number of hydrogen-bond donors (Lipinski definition) is 5. The fourth-order valence-corrected chi connectivity index (χ4v) is 1.24. The molecule has 0 aromatic carbocycles. The van der Waals surface area contributed by atoms with Gasteiger partial charge < -0.3 is 26.2 Å². The van der Waals surface area contributed by atoms with E-state index in [0.29, 0.717) is 0 Å². The van der Waals surface area contributed by atoms with Crippen molar-refractivity contribution in [3.63, 3.8) is 0 Å². The Kier molecular flexibility index (Phi) is 2.46. The van der Waals surface area contributed by atoms with Gasteiger partial charge in [-0.25, -0.2) is 0 Å². The maximum absolute atomic E-state index is 9.09. The highest BCUT2D eigenvalue weighted by Crippen LogP contribution is 2.18. The van der Waals surface area contributed by atoms with E-state index in [2.05, 4.69) is 0 Å². The summed E-state index contributed by atoms with van der Waals surface area (Å²) in [6.45, 7) is 0. The van der Waals surface area contributed by atoms with E-state index in [1.165, 1.54) is 0 Å². The van der Waals surface area contributed by atoms with Gasteiger partial charge in [-0.3, -0.25) is 0 Å². The Balaban J connectivity index is 2.63. The number of rotatable bonds is 0. The van der Waals surface area contributed by atoms with Crippen LogP contribution in [0.4, 0.5) is 0 Å². The van der Waals surface area contributed by atoms with Crippen molar-refractivity contribution in [3.05, 3.63) is 0 Å². The Morgan fingerprint density at radius 1 is 0.909 bits per heavy atom. The second kappa shape index (κ2) is 3.04. The second-order valence-corrected chi connectivity index (χ2v) is 2.94. The monoisotopic (exact) mass is 163 g/mol. The van der Waals surface area contributed by atoms with E-state index in [-0.39, 0.29) is 6.42 Å². The fourth-order valence-electron chi connectivity index (χ4n) is 1.24. The summed E-state index contributed by atoms with van der Waals surface area (Å²) in [4.78, 5) is 0. The van der Waals surface area contributed by atoms with E-state index in [1.54, 1.807) is 0 Å². The van der Waals surface area contributed by atoms with Crippen LogP contribution in [-0.2, 0) is 0 Å². The van der Waals surface area contributed by atoms with Crippen molar-refractivity contribution in [1.82, 2.24) is 0 Å². The summed E-state index contributed by atoms with van der Waals surface area (Å²) in [5, 5.41) is 36.2. The van der Waals surface area contributed by atoms with E-state index in [0.717, 1.165) is 0 Å². The minimum Gasteiger partial charge on any atom is -0.390 e. The van der Waals surface area contributed by atoms with E-state index < -0.39 is 30.5 Å². The van der Waals surface area contributed by atoms with Crippen molar-refractivity contribution < 1.29 is 20.4 Å². The van der Waals surface area contributed by atoms with Gasteiger partial charge in [0.1, 0.15) is 12.2 Å². The van der Waals surface area contributed by atoms with E-state index in [4.69, 9.17) is 26.2 Å². The molecule has 0 bridgehead atoms. The Labute approximate surface area is 64.1 Å². The SMILES string of the molecule is NC1CC(O)C(O)C(O)C1O. The quantitative estimate of drug-likeness (QED) is 0.264. The molecule has 5 heteroatoms. The zero-order chi connectivity index (χ0) is 8.59. The van der Waals surface area contributed by atoms with Gasteiger partial charge in [0.2, 0.25) is 0 Å². The molecular formula is C6H13NO4. The summed E-state index contributed by atoms with van der Waals surface area (Å²) in [7, 11) is 0. The van der Waals surface area contributed by atoms with Crippen LogP contribution < -0.4 is 5.73 Å². The molecule has 0 radical (unpaired) electrons. The number of aliphatic hydroxyl groups is 4. The lowest BCUT2D eigenvalue weighted by Crippen LogP contribution is -2.58. The fraction of sp³-hybridized carbons (Fsp3) is 1.00. The molecule has 5 nitrogen and oxygen atoms in total. The molecule has 0 aliphatic heterocycles. The highest BCUT2D eigenvalue weighted by atomic mass is 16.4. The standard InChI is InChI=1S/C6H13NO4/c7-2-1-3(8)5(10)6(11)4(2)9/h2-6,8-11H,1,7H2.